The van der Waals surface area contributed by atoms with Crippen molar-refractivity contribution < 1.29 is 14.6 Å². The number of hydrogen-bond donors (Lipinski definition) is 4. The van der Waals surface area contributed by atoms with Gasteiger partial charge in [0.05, 0.1) is 28.4 Å². The van der Waals surface area contributed by atoms with Gasteiger partial charge in [0.1, 0.15) is 5.75 Å². The molecule has 0 spiro atoms. The van der Waals surface area contributed by atoms with Crippen molar-refractivity contribution in [1.29, 1.82) is 0 Å². The van der Waals surface area contributed by atoms with Crippen LogP contribution < -0.4 is 16.1 Å². The minimum atomic E-state index is -0.442. The molecule has 0 bridgehead atoms. The molecule has 0 atom stereocenters. The maximum absolute atomic E-state index is 12.6. The van der Waals surface area contributed by atoms with Gasteiger partial charge in [-0.05, 0) is 43.2 Å². The van der Waals surface area contributed by atoms with E-state index < -0.39 is 5.97 Å². The van der Waals surface area contributed by atoms with Crippen molar-refractivity contribution in [3.63, 3.8) is 0 Å². The molecule has 0 fully saturated rings. The molecular formula is C23H21N3O4. The van der Waals surface area contributed by atoms with Gasteiger partial charge in [-0.15, -0.1) is 0 Å². The molecule has 4 aromatic rings. The van der Waals surface area contributed by atoms with Crippen molar-refractivity contribution in [3.8, 4) is 5.75 Å². The molecule has 0 amide bonds. The van der Waals surface area contributed by atoms with Crippen molar-refractivity contribution in [1.82, 2.24) is 15.2 Å². The zero-order valence-electron chi connectivity index (χ0n) is 16.4. The molecule has 7 nitrogen and oxygen atoms in total. The second-order valence-corrected chi connectivity index (χ2v) is 6.81. The summed E-state index contributed by atoms with van der Waals surface area (Å²) in [6, 6.07) is 14.3. The summed E-state index contributed by atoms with van der Waals surface area (Å²) in [6.07, 6.45) is 4.10. The van der Waals surface area contributed by atoms with Crippen molar-refractivity contribution >= 4 is 29.0 Å². The van der Waals surface area contributed by atoms with Crippen LogP contribution in [0.4, 0.5) is 0 Å². The van der Waals surface area contributed by atoms with Gasteiger partial charge in [-0.25, -0.2) is 4.79 Å². The lowest BCUT2D eigenvalue weighted by Gasteiger charge is -2.01. The summed E-state index contributed by atoms with van der Waals surface area (Å²) in [4.78, 5) is 28.2. The maximum atomic E-state index is 12.6. The van der Waals surface area contributed by atoms with E-state index >= 15 is 0 Å². The smallest absolute Gasteiger partial charge is 0.340 e. The standard InChI is InChI=1S/C23H21N3O4/c1-2-30-23(29)21-16-5-3-4-6-18(16)24-20(21)13-17-19(25-26-22(17)28)12-9-14-7-10-15(27)11-8-14/h3-8,10-13,24-25,27H,2,9H2,1H3,(H,26,28). The Morgan fingerprint density at radius 2 is 1.87 bits per heavy atom. The average Bonchev–Trinajstić information content (AvgIpc) is 3.28. The van der Waals surface area contributed by atoms with Crippen LogP contribution >= 0.6 is 0 Å². The van der Waals surface area contributed by atoms with Crippen molar-refractivity contribution in [2.75, 3.05) is 6.61 Å². The Morgan fingerprint density at radius 1 is 1.10 bits per heavy atom. The summed E-state index contributed by atoms with van der Waals surface area (Å²) in [6.45, 7) is 2.01. The number of aromatic amines is 3. The fourth-order valence-corrected chi connectivity index (χ4v) is 3.38. The number of fused-ring (bicyclic) bond motifs is 1. The van der Waals surface area contributed by atoms with E-state index in [0.717, 1.165) is 16.5 Å². The molecule has 0 radical (unpaired) electrons. The van der Waals surface area contributed by atoms with Crippen LogP contribution in [0.15, 0.2) is 53.3 Å². The molecule has 30 heavy (non-hydrogen) atoms. The van der Waals surface area contributed by atoms with Crippen molar-refractivity contribution in [2.45, 2.75) is 13.3 Å². The van der Waals surface area contributed by atoms with E-state index in [1.54, 1.807) is 25.1 Å². The molecule has 0 saturated heterocycles. The summed E-state index contributed by atoms with van der Waals surface area (Å²) in [7, 11) is 0. The molecule has 0 saturated carbocycles. The van der Waals surface area contributed by atoms with Crippen LogP contribution in [0.25, 0.3) is 23.1 Å². The Morgan fingerprint density at radius 3 is 2.63 bits per heavy atom. The highest BCUT2D eigenvalue weighted by Gasteiger charge is 2.18. The van der Waals surface area contributed by atoms with Crippen LogP contribution in [0.1, 0.15) is 28.5 Å². The third-order valence-electron chi connectivity index (χ3n) is 4.83. The number of phenols is 1. The van der Waals surface area contributed by atoms with Gasteiger partial charge in [0.15, 0.2) is 0 Å². The Kier molecular flexibility index (Phi) is 5.26. The van der Waals surface area contributed by atoms with Gasteiger partial charge in [-0.1, -0.05) is 36.4 Å². The lowest BCUT2D eigenvalue weighted by molar-refractivity contribution is 0.0528. The van der Waals surface area contributed by atoms with Crippen LogP contribution in [-0.4, -0.2) is 32.9 Å². The van der Waals surface area contributed by atoms with Gasteiger partial charge in [0.2, 0.25) is 0 Å². The summed E-state index contributed by atoms with van der Waals surface area (Å²) < 4.78 is 5.23. The molecule has 152 valence electrons. The van der Waals surface area contributed by atoms with E-state index in [4.69, 9.17) is 4.74 Å². The van der Waals surface area contributed by atoms with E-state index in [9.17, 15) is 14.7 Å². The van der Waals surface area contributed by atoms with Gasteiger partial charge in [0.25, 0.3) is 5.56 Å². The number of H-pyrrole nitrogens is 3. The van der Waals surface area contributed by atoms with Crippen LogP contribution in [0.3, 0.4) is 0 Å². The highest BCUT2D eigenvalue weighted by molar-refractivity contribution is 6.07. The maximum Gasteiger partial charge on any atom is 0.340 e. The first-order chi connectivity index (χ1) is 14.6. The third-order valence-corrected chi connectivity index (χ3v) is 4.83. The topological polar surface area (TPSA) is 111 Å². The number of nitrogens with one attached hydrogen (secondary N) is 3. The molecule has 7 heteroatoms. The zero-order chi connectivity index (χ0) is 21.1. The third kappa shape index (κ3) is 3.77. The number of para-hydroxylation sites is 1. The lowest BCUT2D eigenvalue weighted by atomic mass is 10.1. The largest absolute Gasteiger partial charge is 0.508 e. The highest BCUT2D eigenvalue weighted by Crippen LogP contribution is 2.23. The summed E-state index contributed by atoms with van der Waals surface area (Å²) in [5.74, 6) is -0.240. The number of aromatic hydroxyl groups is 1. The Hall–Kier alpha value is -4.00. The molecule has 0 aliphatic heterocycles. The van der Waals surface area contributed by atoms with E-state index in [1.165, 1.54) is 0 Å². The summed E-state index contributed by atoms with van der Waals surface area (Å²) in [5, 5.41) is 16.7. The van der Waals surface area contributed by atoms with E-state index in [1.807, 2.05) is 42.5 Å². The lowest BCUT2D eigenvalue weighted by Crippen LogP contribution is -2.33. The molecule has 4 N–H and O–H groups in total. The Balaban J connectivity index is 1.84. The van der Waals surface area contributed by atoms with Gasteiger partial charge in [0, 0.05) is 10.9 Å². The van der Waals surface area contributed by atoms with Gasteiger partial charge in [-0.2, -0.15) is 0 Å². The summed E-state index contributed by atoms with van der Waals surface area (Å²) in [5.41, 5.74) is 2.39. The van der Waals surface area contributed by atoms with Crippen LogP contribution in [-0.2, 0) is 11.2 Å². The Bertz CT molecular complexity index is 1370. The molecule has 0 unspecified atom stereocenters. The molecule has 4 rings (SSSR count). The molecule has 2 aromatic carbocycles. The highest BCUT2D eigenvalue weighted by atomic mass is 16.5. The predicted octanol–water partition coefficient (Wildman–Crippen LogP) is 1.92. The number of ether oxygens (including phenoxy) is 1. The van der Waals surface area contributed by atoms with Crippen LogP contribution in [0, 0.1) is 0 Å². The summed E-state index contributed by atoms with van der Waals surface area (Å²) >= 11 is 0. The minimum absolute atomic E-state index is 0.202. The second-order valence-electron chi connectivity index (χ2n) is 6.81. The van der Waals surface area contributed by atoms with Crippen LogP contribution in [0.5, 0.6) is 5.75 Å². The number of rotatable bonds is 5. The van der Waals surface area contributed by atoms with Gasteiger partial charge in [-0.3, -0.25) is 15.0 Å². The first kappa shape index (κ1) is 19.3. The second kappa shape index (κ2) is 8.16. The average molecular weight is 403 g/mol. The van der Waals surface area contributed by atoms with Gasteiger partial charge >= 0.3 is 5.97 Å². The monoisotopic (exact) mass is 403 g/mol. The number of hydrogen-bond acceptors (Lipinski definition) is 4. The molecule has 0 aliphatic carbocycles. The molecule has 0 aliphatic rings. The molecular weight excluding hydrogens is 382 g/mol. The van der Waals surface area contributed by atoms with E-state index in [2.05, 4.69) is 15.2 Å². The predicted molar refractivity (Wildman–Crippen MR) is 115 cm³/mol. The number of phenolic OH excluding ortho intramolecular Hbond substituents is 1. The number of carbonyl (C=O) groups is 1. The molecule has 2 heterocycles. The number of carbonyl (C=O) groups excluding carboxylic acids is 1. The Labute approximate surface area is 171 Å². The van der Waals surface area contributed by atoms with Crippen molar-refractivity contribution in [2.24, 2.45) is 0 Å². The first-order valence-corrected chi connectivity index (χ1v) is 9.61. The van der Waals surface area contributed by atoms with E-state index in [0.29, 0.717) is 28.2 Å². The van der Waals surface area contributed by atoms with Crippen molar-refractivity contribution in [3.05, 3.63) is 86.3 Å². The molecule has 2 aromatic heterocycles. The fourth-order valence-electron chi connectivity index (χ4n) is 3.38. The number of esters is 1. The zero-order valence-corrected chi connectivity index (χ0v) is 16.4. The quantitative estimate of drug-likeness (QED) is 0.382. The fraction of sp³-hybridized carbons (Fsp3) is 0.130. The van der Waals surface area contributed by atoms with E-state index in [-0.39, 0.29) is 17.9 Å². The minimum Gasteiger partial charge on any atom is -0.508 e. The van der Waals surface area contributed by atoms with Gasteiger partial charge < -0.3 is 14.8 Å². The normalized spacial score (nSPS) is 12.6. The first-order valence-electron chi connectivity index (χ1n) is 9.61. The number of aromatic nitrogens is 3. The SMILES string of the molecule is CCOC(=O)c1c(C=c2c(=O)[nH][nH]c2=CCc2ccc(O)cc2)[nH]c2ccccc12. The number of benzene rings is 2. The van der Waals surface area contributed by atoms with Crippen LogP contribution in [0.2, 0.25) is 0 Å².